The smallest absolute Gasteiger partial charge is 0.310 e. The number of sulfonamides is 1. The lowest BCUT2D eigenvalue weighted by atomic mass is 9.90. The molecule has 0 saturated carbocycles. The molecule has 1 aliphatic rings. The van der Waals surface area contributed by atoms with E-state index >= 15 is 0 Å². The van der Waals surface area contributed by atoms with Crippen LogP contribution < -0.4 is 0 Å². The van der Waals surface area contributed by atoms with Crippen molar-refractivity contribution in [2.24, 2.45) is 5.41 Å². The molecule has 5 nitrogen and oxygen atoms in total. The number of nitrogens with zero attached hydrogens (tertiary/aromatic N) is 1. The van der Waals surface area contributed by atoms with Crippen LogP contribution in [0.25, 0.3) is 0 Å². The fourth-order valence-electron chi connectivity index (χ4n) is 2.34. The Hall–Kier alpha value is -1.47. The van der Waals surface area contributed by atoms with Crippen molar-refractivity contribution in [3.05, 3.63) is 29.6 Å². The zero-order valence-electron chi connectivity index (χ0n) is 11.3. The Kier molecular flexibility index (Phi) is 3.60. The van der Waals surface area contributed by atoms with Gasteiger partial charge in [-0.1, -0.05) is 0 Å². The molecule has 2 rings (SSSR count). The summed E-state index contributed by atoms with van der Waals surface area (Å²) < 4.78 is 39.2. The van der Waals surface area contributed by atoms with Gasteiger partial charge in [0.2, 0.25) is 10.0 Å². The Labute approximate surface area is 117 Å². The Morgan fingerprint density at radius 2 is 2.10 bits per heavy atom. The van der Waals surface area contributed by atoms with Crippen molar-refractivity contribution in [2.45, 2.75) is 25.2 Å². The van der Waals surface area contributed by atoms with Gasteiger partial charge in [0.05, 0.1) is 10.3 Å². The van der Waals surface area contributed by atoms with Crippen LogP contribution >= 0.6 is 0 Å². The van der Waals surface area contributed by atoms with Gasteiger partial charge in [-0.25, -0.2) is 12.8 Å². The fourth-order valence-corrected chi connectivity index (χ4v) is 4.11. The van der Waals surface area contributed by atoms with Crippen LogP contribution in [0.4, 0.5) is 4.39 Å². The molecule has 1 aromatic carbocycles. The number of carbonyl (C=O) groups is 1. The fraction of sp³-hybridized carbons (Fsp3) is 0.462. The SMILES string of the molecule is Cc1cc(F)ccc1S(=O)(=O)N1CCC(C)(C(=O)O)C1. The maximum atomic E-state index is 13.1. The molecule has 1 heterocycles. The number of carboxylic acid groups (broad SMARTS) is 1. The van der Waals surface area contributed by atoms with Crippen LogP contribution in [-0.4, -0.2) is 36.9 Å². The first-order valence-electron chi connectivity index (χ1n) is 6.16. The number of halogens is 1. The van der Waals surface area contributed by atoms with E-state index in [0.717, 1.165) is 16.4 Å². The van der Waals surface area contributed by atoms with E-state index in [1.165, 1.54) is 19.9 Å². The van der Waals surface area contributed by atoms with Crippen LogP contribution in [0, 0.1) is 18.2 Å². The van der Waals surface area contributed by atoms with Gasteiger partial charge in [-0.05, 0) is 44.0 Å². The van der Waals surface area contributed by atoms with Crippen molar-refractivity contribution in [1.82, 2.24) is 4.31 Å². The lowest BCUT2D eigenvalue weighted by Gasteiger charge is -2.20. The lowest BCUT2D eigenvalue weighted by molar-refractivity contribution is -0.146. The third-order valence-corrected chi connectivity index (χ3v) is 5.71. The molecule has 0 radical (unpaired) electrons. The first-order chi connectivity index (χ1) is 9.17. The predicted octanol–water partition coefficient (Wildman–Crippen LogP) is 1.62. The molecule has 1 aliphatic heterocycles. The van der Waals surface area contributed by atoms with E-state index in [-0.39, 0.29) is 24.4 Å². The molecule has 7 heteroatoms. The van der Waals surface area contributed by atoms with Crippen molar-refractivity contribution in [2.75, 3.05) is 13.1 Å². The topological polar surface area (TPSA) is 74.7 Å². The highest BCUT2D eigenvalue weighted by Gasteiger charge is 2.45. The van der Waals surface area contributed by atoms with E-state index < -0.39 is 27.2 Å². The van der Waals surface area contributed by atoms with E-state index in [1.807, 2.05) is 0 Å². The molecular formula is C13H16FNO4S. The highest BCUT2D eigenvalue weighted by Crippen LogP contribution is 2.34. The highest BCUT2D eigenvalue weighted by molar-refractivity contribution is 7.89. The summed E-state index contributed by atoms with van der Waals surface area (Å²) in [5.41, 5.74) is -0.755. The Morgan fingerprint density at radius 1 is 1.45 bits per heavy atom. The molecule has 1 fully saturated rings. The minimum atomic E-state index is -3.79. The van der Waals surface area contributed by atoms with Gasteiger partial charge >= 0.3 is 5.97 Å². The molecule has 1 N–H and O–H groups in total. The number of hydrogen-bond acceptors (Lipinski definition) is 3. The van der Waals surface area contributed by atoms with E-state index in [4.69, 9.17) is 5.11 Å². The summed E-state index contributed by atoms with van der Waals surface area (Å²) >= 11 is 0. The maximum absolute atomic E-state index is 13.1. The van der Waals surface area contributed by atoms with Crippen molar-refractivity contribution >= 4 is 16.0 Å². The van der Waals surface area contributed by atoms with Gasteiger partial charge < -0.3 is 5.11 Å². The number of aliphatic carboxylic acids is 1. The highest BCUT2D eigenvalue weighted by atomic mass is 32.2. The Morgan fingerprint density at radius 3 is 2.60 bits per heavy atom. The van der Waals surface area contributed by atoms with Crippen LogP contribution in [0.5, 0.6) is 0 Å². The number of benzene rings is 1. The molecule has 0 spiro atoms. The quantitative estimate of drug-likeness (QED) is 0.920. The molecule has 0 amide bonds. The molecule has 1 atom stereocenters. The molecule has 0 aliphatic carbocycles. The van der Waals surface area contributed by atoms with Gasteiger partial charge in [-0.2, -0.15) is 4.31 Å². The van der Waals surface area contributed by atoms with Gasteiger partial charge in [0.15, 0.2) is 0 Å². The monoisotopic (exact) mass is 301 g/mol. The average molecular weight is 301 g/mol. The molecule has 1 unspecified atom stereocenters. The third-order valence-electron chi connectivity index (χ3n) is 3.71. The second-order valence-electron chi connectivity index (χ2n) is 5.36. The van der Waals surface area contributed by atoms with Gasteiger partial charge in [0.1, 0.15) is 5.82 Å². The molecule has 0 bridgehead atoms. The number of aryl methyl sites for hydroxylation is 1. The summed E-state index contributed by atoms with van der Waals surface area (Å²) in [6.07, 6.45) is 0.266. The summed E-state index contributed by atoms with van der Waals surface area (Å²) in [5.74, 6) is -1.51. The first kappa shape index (κ1) is 14.9. The first-order valence-corrected chi connectivity index (χ1v) is 7.60. The standard InChI is InChI=1S/C13H16FNO4S/c1-9-7-10(14)3-4-11(9)20(18,19)15-6-5-13(2,8-15)12(16)17/h3-4,7H,5-6,8H2,1-2H3,(H,16,17). The van der Waals surface area contributed by atoms with Crippen LogP contribution in [0.2, 0.25) is 0 Å². The second-order valence-corrected chi connectivity index (χ2v) is 7.27. The zero-order chi connectivity index (χ0) is 15.1. The average Bonchev–Trinajstić information content (AvgIpc) is 2.73. The van der Waals surface area contributed by atoms with Crippen LogP contribution in [0.3, 0.4) is 0 Å². The van der Waals surface area contributed by atoms with Gasteiger partial charge in [0.25, 0.3) is 0 Å². The maximum Gasteiger partial charge on any atom is 0.310 e. The van der Waals surface area contributed by atoms with E-state index in [1.54, 1.807) is 0 Å². The largest absolute Gasteiger partial charge is 0.481 e. The summed E-state index contributed by atoms with van der Waals surface area (Å²) in [6.45, 7) is 3.13. The number of rotatable bonds is 3. The van der Waals surface area contributed by atoms with Crippen LogP contribution in [0.1, 0.15) is 18.9 Å². The summed E-state index contributed by atoms with van der Waals surface area (Å²) in [6, 6.07) is 3.46. The van der Waals surface area contributed by atoms with Crippen LogP contribution in [0.15, 0.2) is 23.1 Å². The molecule has 0 aromatic heterocycles. The molecule has 1 aromatic rings. The summed E-state index contributed by atoms with van der Waals surface area (Å²) in [7, 11) is -3.79. The van der Waals surface area contributed by atoms with Crippen molar-refractivity contribution in [3.63, 3.8) is 0 Å². The van der Waals surface area contributed by atoms with Crippen molar-refractivity contribution in [3.8, 4) is 0 Å². The molecule has 1 saturated heterocycles. The molecule has 110 valence electrons. The van der Waals surface area contributed by atoms with Crippen molar-refractivity contribution in [1.29, 1.82) is 0 Å². The lowest BCUT2D eigenvalue weighted by Crippen LogP contribution is -2.35. The predicted molar refractivity (Wildman–Crippen MR) is 70.3 cm³/mol. The van der Waals surface area contributed by atoms with Gasteiger partial charge in [-0.15, -0.1) is 0 Å². The Bertz CT molecular complexity index is 658. The van der Waals surface area contributed by atoms with E-state index in [2.05, 4.69) is 0 Å². The second kappa shape index (κ2) is 4.82. The van der Waals surface area contributed by atoms with Crippen molar-refractivity contribution < 1.29 is 22.7 Å². The summed E-state index contributed by atoms with van der Waals surface area (Å²) in [5, 5.41) is 9.15. The minimum Gasteiger partial charge on any atom is -0.481 e. The van der Waals surface area contributed by atoms with E-state index in [9.17, 15) is 17.6 Å². The summed E-state index contributed by atoms with van der Waals surface area (Å²) in [4.78, 5) is 11.2. The Balaban J connectivity index is 2.35. The normalized spacial score (nSPS) is 23.9. The van der Waals surface area contributed by atoms with Gasteiger partial charge in [-0.3, -0.25) is 4.79 Å². The number of hydrogen-bond donors (Lipinski definition) is 1. The van der Waals surface area contributed by atoms with E-state index in [0.29, 0.717) is 5.56 Å². The van der Waals surface area contributed by atoms with Crippen LogP contribution in [-0.2, 0) is 14.8 Å². The van der Waals surface area contributed by atoms with Gasteiger partial charge in [0, 0.05) is 13.1 Å². The minimum absolute atomic E-state index is 0.0218. The third kappa shape index (κ3) is 2.43. The zero-order valence-corrected chi connectivity index (χ0v) is 12.1. The molecular weight excluding hydrogens is 285 g/mol. The molecule has 20 heavy (non-hydrogen) atoms. The number of carboxylic acids is 1.